The standard InChI is InChI=1S/C14H10ClFN6O2/c1-8-4-13(19-9-2-3-12(16)11(15)5-9)20-14(18-8)21-7-10(6-17-21)22(23)24/h2-7H,1H3,(H,18,19,20). The molecule has 0 unspecified atom stereocenters. The summed E-state index contributed by atoms with van der Waals surface area (Å²) in [6.07, 6.45) is 2.33. The van der Waals surface area contributed by atoms with Gasteiger partial charge in [0.25, 0.3) is 5.95 Å². The van der Waals surface area contributed by atoms with E-state index in [4.69, 9.17) is 11.6 Å². The molecule has 0 aliphatic rings. The van der Waals surface area contributed by atoms with Crippen molar-refractivity contribution >= 4 is 28.8 Å². The fourth-order valence-corrected chi connectivity index (χ4v) is 2.14. The van der Waals surface area contributed by atoms with Crippen LogP contribution in [0.2, 0.25) is 5.02 Å². The van der Waals surface area contributed by atoms with Crippen LogP contribution in [-0.2, 0) is 0 Å². The first-order valence-corrected chi connectivity index (χ1v) is 7.07. The quantitative estimate of drug-likeness (QED) is 0.573. The van der Waals surface area contributed by atoms with Gasteiger partial charge in [-0.3, -0.25) is 10.1 Å². The van der Waals surface area contributed by atoms with Crippen LogP contribution in [0.15, 0.2) is 36.7 Å². The fraction of sp³-hybridized carbons (Fsp3) is 0.0714. The van der Waals surface area contributed by atoms with Gasteiger partial charge in [-0.25, -0.2) is 9.37 Å². The van der Waals surface area contributed by atoms with E-state index >= 15 is 0 Å². The van der Waals surface area contributed by atoms with Gasteiger partial charge in [0, 0.05) is 17.4 Å². The SMILES string of the molecule is Cc1cc(Nc2ccc(F)c(Cl)c2)nc(-n2cc([N+](=O)[O-])cn2)n1. The lowest BCUT2D eigenvalue weighted by molar-refractivity contribution is -0.384. The smallest absolute Gasteiger partial charge is 0.307 e. The molecule has 0 saturated heterocycles. The van der Waals surface area contributed by atoms with Crippen molar-refractivity contribution in [2.24, 2.45) is 0 Å². The molecule has 2 aromatic heterocycles. The zero-order valence-corrected chi connectivity index (χ0v) is 13.0. The van der Waals surface area contributed by atoms with Crippen molar-refractivity contribution < 1.29 is 9.31 Å². The summed E-state index contributed by atoms with van der Waals surface area (Å²) < 4.78 is 14.4. The van der Waals surface area contributed by atoms with E-state index in [9.17, 15) is 14.5 Å². The second kappa shape index (κ2) is 6.20. The van der Waals surface area contributed by atoms with Crippen LogP contribution in [0.3, 0.4) is 0 Å². The average Bonchev–Trinajstić information content (AvgIpc) is 3.01. The number of nitrogens with zero attached hydrogens (tertiary/aromatic N) is 5. The van der Waals surface area contributed by atoms with Gasteiger partial charge in [-0.05, 0) is 25.1 Å². The average molecular weight is 349 g/mol. The summed E-state index contributed by atoms with van der Waals surface area (Å²) in [6, 6.07) is 5.83. The van der Waals surface area contributed by atoms with Crippen LogP contribution in [0.25, 0.3) is 5.95 Å². The molecule has 0 aliphatic carbocycles. The molecule has 0 saturated carbocycles. The van der Waals surface area contributed by atoms with Crippen LogP contribution in [-0.4, -0.2) is 24.7 Å². The van der Waals surface area contributed by atoms with Gasteiger partial charge in [0.2, 0.25) is 0 Å². The Morgan fingerprint density at radius 1 is 1.33 bits per heavy atom. The van der Waals surface area contributed by atoms with Gasteiger partial charge in [0.05, 0.1) is 9.95 Å². The summed E-state index contributed by atoms with van der Waals surface area (Å²) >= 11 is 5.75. The summed E-state index contributed by atoms with van der Waals surface area (Å²) in [5.41, 5.74) is 0.991. The maximum absolute atomic E-state index is 13.2. The number of aryl methyl sites for hydroxylation is 1. The van der Waals surface area contributed by atoms with Gasteiger partial charge >= 0.3 is 5.69 Å². The van der Waals surface area contributed by atoms with Gasteiger partial charge < -0.3 is 5.32 Å². The number of aromatic nitrogens is 4. The third-order valence-corrected chi connectivity index (χ3v) is 3.31. The number of nitrogens with one attached hydrogen (secondary N) is 1. The van der Waals surface area contributed by atoms with E-state index in [2.05, 4.69) is 20.4 Å². The molecule has 1 N–H and O–H groups in total. The molecule has 8 nitrogen and oxygen atoms in total. The van der Waals surface area contributed by atoms with E-state index in [-0.39, 0.29) is 16.7 Å². The molecule has 0 spiro atoms. The molecule has 0 aliphatic heterocycles. The number of nitro groups is 1. The highest BCUT2D eigenvalue weighted by atomic mass is 35.5. The Balaban J connectivity index is 1.93. The lowest BCUT2D eigenvalue weighted by Gasteiger charge is -2.09. The Hall–Kier alpha value is -3.07. The molecule has 0 amide bonds. The normalized spacial score (nSPS) is 10.6. The van der Waals surface area contributed by atoms with Crippen molar-refractivity contribution in [2.45, 2.75) is 6.92 Å². The molecule has 1 aromatic carbocycles. The highest BCUT2D eigenvalue weighted by Crippen LogP contribution is 2.22. The Kier molecular flexibility index (Phi) is 4.09. The van der Waals surface area contributed by atoms with Crippen molar-refractivity contribution in [1.82, 2.24) is 19.7 Å². The molecular formula is C14H10ClFN6O2. The minimum absolute atomic E-state index is 0.0197. The molecule has 3 rings (SSSR count). The van der Waals surface area contributed by atoms with Crippen LogP contribution in [0, 0.1) is 22.9 Å². The maximum Gasteiger partial charge on any atom is 0.307 e. The first-order valence-electron chi connectivity index (χ1n) is 6.69. The molecule has 0 bridgehead atoms. The Morgan fingerprint density at radius 3 is 2.79 bits per heavy atom. The van der Waals surface area contributed by atoms with Gasteiger partial charge in [-0.1, -0.05) is 11.6 Å². The number of benzene rings is 1. The summed E-state index contributed by atoms with van der Waals surface area (Å²) in [5, 5.41) is 17.6. The molecule has 0 fully saturated rings. The molecular weight excluding hydrogens is 339 g/mol. The Morgan fingerprint density at radius 2 is 2.12 bits per heavy atom. The van der Waals surface area contributed by atoms with E-state index in [0.29, 0.717) is 17.2 Å². The van der Waals surface area contributed by atoms with Gasteiger partial charge in [-0.15, -0.1) is 0 Å². The Labute approximate surface area is 140 Å². The third kappa shape index (κ3) is 3.30. The van der Waals surface area contributed by atoms with Crippen LogP contribution < -0.4 is 5.32 Å². The molecule has 3 aromatic rings. The lowest BCUT2D eigenvalue weighted by atomic mass is 10.3. The molecule has 0 atom stereocenters. The van der Waals surface area contributed by atoms with Gasteiger partial charge in [-0.2, -0.15) is 14.8 Å². The minimum atomic E-state index is -0.557. The van der Waals surface area contributed by atoms with E-state index in [1.807, 2.05) is 0 Å². The summed E-state index contributed by atoms with van der Waals surface area (Å²) in [7, 11) is 0. The topological polar surface area (TPSA) is 98.8 Å². The maximum atomic E-state index is 13.2. The number of hydrogen-bond donors (Lipinski definition) is 1. The van der Waals surface area contributed by atoms with Crippen LogP contribution in [0.1, 0.15) is 5.69 Å². The number of halogens is 2. The van der Waals surface area contributed by atoms with Crippen LogP contribution in [0.4, 0.5) is 21.6 Å². The Bertz CT molecular complexity index is 929. The van der Waals surface area contributed by atoms with E-state index in [0.717, 1.165) is 6.20 Å². The fourth-order valence-electron chi connectivity index (χ4n) is 1.96. The largest absolute Gasteiger partial charge is 0.340 e. The highest BCUT2D eigenvalue weighted by molar-refractivity contribution is 6.31. The van der Waals surface area contributed by atoms with E-state index in [1.54, 1.807) is 13.0 Å². The number of hydrogen-bond acceptors (Lipinski definition) is 6. The van der Waals surface area contributed by atoms with Crippen LogP contribution in [0.5, 0.6) is 0 Å². The van der Waals surface area contributed by atoms with Gasteiger partial charge in [0.15, 0.2) is 0 Å². The van der Waals surface area contributed by atoms with E-state index < -0.39 is 10.7 Å². The molecule has 10 heteroatoms. The van der Waals surface area contributed by atoms with Gasteiger partial charge in [0.1, 0.15) is 24.0 Å². The third-order valence-electron chi connectivity index (χ3n) is 3.02. The second-order valence-electron chi connectivity index (χ2n) is 4.85. The number of rotatable bonds is 4. The summed E-state index contributed by atoms with van der Waals surface area (Å²) in [6.45, 7) is 1.74. The summed E-state index contributed by atoms with van der Waals surface area (Å²) in [5.74, 6) is 0.0581. The number of anilines is 2. The highest BCUT2D eigenvalue weighted by Gasteiger charge is 2.13. The molecule has 0 radical (unpaired) electrons. The van der Waals surface area contributed by atoms with Crippen molar-refractivity contribution in [3.05, 3.63) is 63.3 Å². The predicted octanol–water partition coefficient (Wildman–Crippen LogP) is 3.42. The van der Waals surface area contributed by atoms with E-state index in [1.165, 1.54) is 29.1 Å². The summed E-state index contributed by atoms with van der Waals surface area (Å²) in [4.78, 5) is 18.6. The zero-order chi connectivity index (χ0) is 17.3. The van der Waals surface area contributed by atoms with Crippen molar-refractivity contribution in [2.75, 3.05) is 5.32 Å². The predicted molar refractivity (Wildman–Crippen MR) is 85.2 cm³/mol. The molecule has 24 heavy (non-hydrogen) atoms. The molecule has 122 valence electrons. The van der Waals surface area contributed by atoms with Crippen molar-refractivity contribution in [1.29, 1.82) is 0 Å². The first kappa shape index (κ1) is 15.8. The van der Waals surface area contributed by atoms with Crippen molar-refractivity contribution in [3.63, 3.8) is 0 Å². The van der Waals surface area contributed by atoms with Crippen molar-refractivity contribution in [3.8, 4) is 5.95 Å². The first-order chi connectivity index (χ1) is 11.4. The van der Waals surface area contributed by atoms with Crippen LogP contribution >= 0.6 is 11.6 Å². The lowest BCUT2D eigenvalue weighted by Crippen LogP contribution is -2.05. The monoisotopic (exact) mass is 348 g/mol. The second-order valence-corrected chi connectivity index (χ2v) is 5.26. The molecule has 2 heterocycles. The zero-order valence-electron chi connectivity index (χ0n) is 12.3. The minimum Gasteiger partial charge on any atom is -0.340 e.